The van der Waals surface area contributed by atoms with E-state index < -0.39 is 12.2 Å². The molecule has 0 unspecified atom stereocenters. The Kier molecular flexibility index (Phi) is 4.17. The van der Waals surface area contributed by atoms with Gasteiger partial charge in [-0.2, -0.15) is 0 Å². The van der Waals surface area contributed by atoms with Crippen LogP contribution in [0.15, 0.2) is 30.3 Å². The number of hydrogen-bond donors (Lipinski definition) is 3. The molecule has 0 spiro atoms. The predicted molar refractivity (Wildman–Crippen MR) is 66.8 cm³/mol. The summed E-state index contributed by atoms with van der Waals surface area (Å²) >= 11 is 0. The number of carbonyl (C=O) groups excluding carboxylic acids is 1. The zero-order valence-electron chi connectivity index (χ0n) is 10.1. The van der Waals surface area contributed by atoms with E-state index in [-0.39, 0.29) is 18.7 Å². The Morgan fingerprint density at radius 2 is 2.11 bits per heavy atom. The maximum absolute atomic E-state index is 11.5. The number of nitrogens with two attached hydrogens (primary N) is 1. The van der Waals surface area contributed by atoms with Crippen molar-refractivity contribution in [2.75, 3.05) is 0 Å². The summed E-state index contributed by atoms with van der Waals surface area (Å²) in [6.45, 7) is 0.244. The molecule has 18 heavy (non-hydrogen) atoms. The lowest BCUT2D eigenvalue weighted by molar-refractivity contribution is 0.133. The molecule has 2 rings (SSSR count). The summed E-state index contributed by atoms with van der Waals surface area (Å²) in [5.41, 5.74) is 6.61. The fourth-order valence-corrected chi connectivity index (χ4v) is 2.10. The van der Waals surface area contributed by atoms with Gasteiger partial charge in [0.05, 0.1) is 6.10 Å². The van der Waals surface area contributed by atoms with Crippen LogP contribution in [0.1, 0.15) is 18.4 Å². The highest BCUT2D eigenvalue weighted by Crippen LogP contribution is 2.18. The van der Waals surface area contributed by atoms with Gasteiger partial charge in [-0.1, -0.05) is 30.3 Å². The molecule has 1 saturated carbocycles. The first kappa shape index (κ1) is 12.9. The minimum Gasteiger partial charge on any atom is -0.445 e. The van der Waals surface area contributed by atoms with Gasteiger partial charge in [-0.25, -0.2) is 4.79 Å². The molecular formula is C13H18N2O3. The predicted octanol–water partition coefficient (Wildman–Crippen LogP) is 0.763. The van der Waals surface area contributed by atoms with E-state index in [1.807, 2.05) is 30.3 Å². The summed E-state index contributed by atoms with van der Waals surface area (Å²) in [6.07, 6.45) is 0.0676. The number of benzene rings is 1. The highest BCUT2D eigenvalue weighted by atomic mass is 16.5. The van der Waals surface area contributed by atoms with Crippen molar-refractivity contribution < 1.29 is 14.6 Å². The van der Waals surface area contributed by atoms with Gasteiger partial charge in [0.2, 0.25) is 0 Å². The number of alkyl carbamates (subject to hydrolysis) is 1. The second kappa shape index (κ2) is 5.84. The first-order chi connectivity index (χ1) is 8.65. The van der Waals surface area contributed by atoms with Crippen LogP contribution in [0.25, 0.3) is 0 Å². The summed E-state index contributed by atoms with van der Waals surface area (Å²) in [5, 5.41) is 12.2. The average molecular weight is 250 g/mol. The van der Waals surface area contributed by atoms with Crippen LogP contribution in [0.2, 0.25) is 0 Å². The van der Waals surface area contributed by atoms with Crippen LogP contribution in [-0.2, 0) is 11.3 Å². The van der Waals surface area contributed by atoms with Gasteiger partial charge in [-0.3, -0.25) is 0 Å². The Labute approximate surface area is 106 Å². The number of ether oxygens (including phenoxy) is 1. The first-order valence-electron chi connectivity index (χ1n) is 6.06. The highest BCUT2D eigenvalue weighted by Gasteiger charge is 2.31. The summed E-state index contributed by atoms with van der Waals surface area (Å²) in [7, 11) is 0. The van der Waals surface area contributed by atoms with Crippen molar-refractivity contribution in [3.05, 3.63) is 35.9 Å². The Morgan fingerprint density at radius 3 is 2.72 bits per heavy atom. The lowest BCUT2D eigenvalue weighted by Gasteiger charge is -2.12. The summed E-state index contributed by atoms with van der Waals surface area (Å²) in [6, 6.07) is 9.12. The van der Waals surface area contributed by atoms with Gasteiger partial charge in [-0.05, 0) is 18.4 Å². The van der Waals surface area contributed by atoms with Crippen molar-refractivity contribution in [3.8, 4) is 0 Å². The van der Waals surface area contributed by atoms with Crippen molar-refractivity contribution >= 4 is 6.09 Å². The van der Waals surface area contributed by atoms with Gasteiger partial charge < -0.3 is 20.9 Å². The molecule has 4 N–H and O–H groups in total. The molecule has 1 amide bonds. The third-order valence-corrected chi connectivity index (χ3v) is 3.11. The van der Waals surface area contributed by atoms with Crippen LogP contribution in [0, 0.1) is 0 Å². The average Bonchev–Trinajstić information content (AvgIpc) is 2.67. The minimum atomic E-state index is -0.538. The van der Waals surface area contributed by atoms with Crippen molar-refractivity contribution in [3.63, 3.8) is 0 Å². The smallest absolute Gasteiger partial charge is 0.407 e. The zero-order chi connectivity index (χ0) is 13.0. The van der Waals surface area contributed by atoms with Crippen molar-refractivity contribution in [1.29, 1.82) is 0 Å². The van der Waals surface area contributed by atoms with Crippen LogP contribution >= 0.6 is 0 Å². The van der Waals surface area contributed by atoms with E-state index in [1.165, 1.54) is 0 Å². The van der Waals surface area contributed by atoms with E-state index in [2.05, 4.69) is 5.32 Å². The van der Waals surface area contributed by atoms with Gasteiger partial charge in [0.1, 0.15) is 6.61 Å². The molecular weight excluding hydrogens is 232 g/mol. The first-order valence-corrected chi connectivity index (χ1v) is 6.06. The lowest BCUT2D eigenvalue weighted by Crippen LogP contribution is -2.34. The standard InChI is InChI=1S/C13H18N2O3/c14-11-6-10(7-12(11)16)15-13(17)18-8-9-4-2-1-3-5-9/h1-5,10-12,16H,6-8,14H2,(H,15,17)/t10-,11+,12+/m1/s1. The molecule has 1 aliphatic carbocycles. The van der Waals surface area contributed by atoms with E-state index >= 15 is 0 Å². The number of aliphatic hydroxyl groups is 1. The van der Waals surface area contributed by atoms with Crippen LogP contribution in [0.3, 0.4) is 0 Å². The molecule has 1 aromatic carbocycles. The highest BCUT2D eigenvalue weighted by molar-refractivity contribution is 5.67. The fourth-order valence-electron chi connectivity index (χ4n) is 2.10. The molecule has 5 nitrogen and oxygen atoms in total. The second-order valence-electron chi connectivity index (χ2n) is 4.61. The van der Waals surface area contributed by atoms with E-state index in [1.54, 1.807) is 0 Å². The van der Waals surface area contributed by atoms with Crippen molar-refractivity contribution in [1.82, 2.24) is 5.32 Å². The molecule has 98 valence electrons. The van der Waals surface area contributed by atoms with Gasteiger partial charge in [0.15, 0.2) is 0 Å². The fraction of sp³-hybridized carbons (Fsp3) is 0.462. The largest absolute Gasteiger partial charge is 0.445 e. The Balaban J connectivity index is 1.73. The van der Waals surface area contributed by atoms with Gasteiger partial charge in [0.25, 0.3) is 0 Å². The van der Waals surface area contributed by atoms with Gasteiger partial charge >= 0.3 is 6.09 Å². The van der Waals surface area contributed by atoms with E-state index in [0.717, 1.165) is 5.56 Å². The van der Waals surface area contributed by atoms with Gasteiger partial charge in [-0.15, -0.1) is 0 Å². The molecule has 0 radical (unpaired) electrons. The number of aliphatic hydroxyl groups excluding tert-OH is 1. The second-order valence-corrected chi connectivity index (χ2v) is 4.61. The molecule has 3 atom stereocenters. The molecule has 0 aliphatic heterocycles. The van der Waals surface area contributed by atoms with E-state index in [4.69, 9.17) is 10.5 Å². The monoisotopic (exact) mass is 250 g/mol. The molecule has 1 aromatic rings. The number of carbonyl (C=O) groups is 1. The van der Waals surface area contributed by atoms with Gasteiger partial charge in [0, 0.05) is 12.1 Å². The summed E-state index contributed by atoms with van der Waals surface area (Å²) in [5.74, 6) is 0. The van der Waals surface area contributed by atoms with Crippen LogP contribution < -0.4 is 11.1 Å². The van der Waals surface area contributed by atoms with Crippen LogP contribution in [0.5, 0.6) is 0 Å². The third-order valence-electron chi connectivity index (χ3n) is 3.11. The normalized spacial score (nSPS) is 26.9. The maximum Gasteiger partial charge on any atom is 0.407 e. The number of nitrogens with one attached hydrogen (secondary N) is 1. The topological polar surface area (TPSA) is 84.6 Å². The number of hydrogen-bond acceptors (Lipinski definition) is 4. The molecule has 0 heterocycles. The molecule has 1 fully saturated rings. The number of amides is 1. The summed E-state index contributed by atoms with van der Waals surface area (Å²) in [4.78, 5) is 11.5. The van der Waals surface area contributed by atoms with Crippen LogP contribution in [0.4, 0.5) is 4.79 Å². The van der Waals surface area contributed by atoms with Crippen molar-refractivity contribution in [2.45, 2.75) is 37.6 Å². The molecule has 5 heteroatoms. The zero-order valence-corrected chi connectivity index (χ0v) is 10.1. The van der Waals surface area contributed by atoms with E-state index in [0.29, 0.717) is 12.8 Å². The van der Waals surface area contributed by atoms with Crippen LogP contribution in [-0.4, -0.2) is 29.4 Å². The summed E-state index contributed by atoms with van der Waals surface area (Å²) < 4.78 is 5.09. The SMILES string of the molecule is N[C@H]1C[C@@H](NC(=O)OCc2ccccc2)C[C@@H]1O. The maximum atomic E-state index is 11.5. The third kappa shape index (κ3) is 3.45. The van der Waals surface area contributed by atoms with Crippen molar-refractivity contribution in [2.24, 2.45) is 5.73 Å². The molecule has 1 aliphatic rings. The molecule has 0 bridgehead atoms. The van der Waals surface area contributed by atoms with E-state index in [9.17, 15) is 9.90 Å². The molecule has 0 aromatic heterocycles. The molecule has 0 saturated heterocycles. The number of rotatable bonds is 3. The quantitative estimate of drug-likeness (QED) is 0.739. The Morgan fingerprint density at radius 1 is 1.39 bits per heavy atom. The Hall–Kier alpha value is -1.59. The lowest BCUT2D eigenvalue weighted by atomic mass is 10.2. The minimum absolute atomic E-state index is 0.0988. The Bertz CT molecular complexity index is 386.